The third-order valence-electron chi connectivity index (χ3n) is 2.43. The first-order valence-corrected chi connectivity index (χ1v) is 5.14. The lowest BCUT2D eigenvalue weighted by Crippen LogP contribution is -2.31. The van der Waals surface area contributed by atoms with E-state index in [9.17, 15) is 0 Å². The first kappa shape index (κ1) is 11.7. The van der Waals surface area contributed by atoms with Gasteiger partial charge in [0, 0.05) is 12.6 Å². The van der Waals surface area contributed by atoms with E-state index in [1.165, 1.54) is 0 Å². The standard InChI is InChI=1S/C12H16N2O/c1-2-12(9-15)14-8-11-6-4-3-5-10(11)7-13/h3-6,12,14-15H,2,8-9H2,1H3. The number of benzene rings is 1. The Balaban J connectivity index is 2.61. The molecule has 0 amide bonds. The lowest BCUT2D eigenvalue weighted by Gasteiger charge is -2.14. The summed E-state index contributed by atoms with van der Waals surface area (Å²) in [4.78, 5) is 0. The van der Waals surface area contributed by atoms with Crippen LogP contribution in [0.4, 0.5) is 0 Å². The van der Waals surface area contributed by atoms with Crippen molar-refractivity contribution in [2.24, 2.45) is 0 Å². The van der Waals surface area contributed by atoms with Crippen molar-refractivity contribution >= 4 is 0 Å². The van der Waals surface area contributed by atoms with Gasteiger partial charge in [-0.2, -0.15) is 5.26 Å². The monoisotopic (exact) mass is 204 g/mol. The molecule has 0 fully saturated rings. The summed E-state index contributed by atoms with van der Waals surface area (Å²) in [6.07, 6.45) is 0.880. The van der Waals surface area contributed by atoms with Crippen LogP contribution in [0.1, 0.15) is 24.5 Å². The van der Waals surface area contributed by atoms with Crippen molar-refractivity contribution in [3.63, 3.8) is 0 Å². The lowest BCUT2D eigenvalue weighted by molar-refractivity contribution is 0.238. The van der Waals surface area contributed by atoms with Crippen molar-refractivity contribution in [1.29, 1.82) is 5.26 Å². The lowest BCUT2D eigenvalue weighted by atomic mass is 10.1. The molecule has 15 heavy (non-hydrogen) atoms. The van der Waals surface area contributed by atoms with Crippen LogP contribution in [0.5, 0.6) is 0 Å². The van der Waals surface area contributed by atoms with Crippen LogP contribution in [0.15, 0.2) is 24.3 Å². The zero-order valence-electron chi connectivity index (χ0n) is 8.90. The van der Waals surface area contributed by atoms with Gasteiger partial charge in [-0.25, -0.2) is 0 Å². The van der Waals surface area contributed by atoms with E-state index in [0.717, 1.165) is 12.0 Å². The van der Waals surface area contributed by atoms with Crippen LogP contribution in [0.3, 0.4) is 0 Å². The van der Waals surface area contributed by atoms with Gasteiger partial charge in [-0.05, 0) is 18.1 Å². The average molecular weight is 204 g/mol. The molecule has 0 aliphatic heterocycles. The smallest absolute Gasteiger partial charge is 0.0995 e. The summed E-state index contributed by atoms with van der Waals surface area (Å²) in [6.45, 7) is 2.78. The molecule has 1 rings (SSSR count). The molecule has 1 aromatic rings. The van der Waals surface area contributed by atoms with Crippen molar-refractivity contribution in [2.45, 2.75) is 25.9 Å². The van der Waals surface area contributed by atoms with Gasteiger partial charge in [0.2, 0.25) is 0 Å². The molecule has 0 aliphatic carbocycles. The van der Waals surface area contributed by atoms with Gasteiger partial charge in [0.25, 0.3) is 0 Å². The van der Waals surface area contributed by atoms with Gasteiger partial charge >= 0.3 is 0 Å². The second-order valence-corrected chi connectivity index (χ2v) is 3.44. The Morgan fingerprint density at radius 3 is 2.80 bits per heavy atom. The van der Waals surface area contributed by atoms with Crippen LogP contribution in [0.2, 0.25) is 0 Å². The highest BCUT2D eigenvalue weighted by molar-refractivity contribution is 5.37. The summed E-state index contributed by atoms with van der Waals surface area (Å²) in [5.41, 5.74) is 1.67. The topological polar surface area (TPSA) is 56.0 Å². The third-order valence-corrected chi connectivity index (χ3v) is 2.43. The Labute approximate surface area is 90.4 Å². The zero-order valence-corrected chi connectivity index (χ0v) is 8.90. The van der Waals surface area contributed by atoms with Gasteiger partial charge in [0.15, 0.2) is 0 Å². The van der Waals surface area contributed by atoms with E-state index >= 15 is 0 Å². The molecule has 0 aliphatic rings. The molecule has 2 N–H and O–H groups in total. The van der Waals surface area contributed by atoms with Gasteiger partial charge in [-0.3, -0.25) is 0 Å². The fourth-order valence-electron chi connectivity index (χ4n) is 1.38. The van der Waals surface area contributed by atoms with Crippen molar-refractivity contribution in [1.82, 2.24) is 5.32 Å². The number of hydrogen-bond acceptors (Lipinski definition) is 3. The van der Waals surface area contributed by atoms with E-state index in [1.54, 1.807) is 6.07 Å². The Morgan fingerprint density at radius 2 is 2.20 bits per heavy atom. The molecule has 1 unspecified atom stereocenters. The molecule has 0 bridgehead atoms. The van der Waals surface area contributed by atoms with Crippen LogP contribution in [0, 0.1) is 11.3 Å². The van der Waals surface area contributed by atoms with E-state index in [-0.39, 0.29) is 12.6 Å². The maximum absolute atomic E-state index is 9.00. The van der Waals surface area contributed by atoms with Gasteiger partial charge < -0.3 is 10.4 Å². The number of aliphatic hydroxyl groups excluding tert-OH is 1. The highest BCUT2D eigenvalue weighted by Crippen LogP contribution is 2.07. The fourth-order valence-corrected chi connectivity index (χ4v) is 1.38. The van der Waals surface area contributed by atoms with Crippen LogP contribution in [0.25, 0.3) is 0 Å². The van der Waals surface area contributed by atoms with E-state index in [1.807, 2.05) is 25.1 Å². The molecule has 80 valence electrons. The highest BCUT2D eigenvalue weighted by atomic mass is 16.3. The minimum Gasteiger partial charge on any atom is -0.395 e. The zero-order chi connectivity index (χ0) is 11.1. The number of hydrogen-bond donors (Lipinski definition) is 2. The predicted octanol–water partition coefficient (Wildman–Crippen LogP) is 1.42. The van der Waals surface area contributed by atoms with E-state index in [0.29, 0.717) is 12.1 Å². The van der Waals surface area contributed by atoms with E-state index in [2.05, 4.69) is 11.4 Å². The minimum absolute atomic E-state index is 0.108. The molecule has 0 saturated heterocycles. The van der Waals surface area contributed by atoms with Gasteiger partial charge in [0.05, 0.1) is 18.2 Å². The SMILES string of the molecule is CCC(CO)NCc1ccccc1C#N. The van der Waals surface area contributed by atoms with E-state index < -0.39 is 0 Å². The second-order valence-electron chi connectivity index (χ2n) is 3.44. The molecular formula is C12H16N2O. The summed E-state index contributed by atoms with van der Waals surface area (Å²) in [5.74, 6) is 0. The van der Waals surface area contributed by atoms with Gasteiger partial charge in [-0.15, -0.1) is 0 Å². The minimum atomic E-state index is 0.108. The average Bonchev–Trinajstić information content (AvgIpc) is 2.31. The molecule has 0 aromatic heterocycles. The first-order chi connectivity index (χ1) is 7.31. The molecule has 3 heteroatoms. The number of nitriles is 1. The molecule has 0 saturated carbocycles. The Hall–Kier alpha value is -1.37. The summed E-state index contributed by atoms with van der Waals surface area (Å²) in [6, 6.07) is 9.76. The summed E-state index contributed by atoms with van der Waals surface area (Å²) in [5, 5.41) is 21.1. The van der Waals surface area contributed by atoms with Crippen LogP contribution in [-0.4, -0.2) is 17.8 Å². The Kier molecular flexibility index (Phi) is 4.82. The number of rotatable bonds is 5. The van der Waals surface area contributed by atoms with Crippen LogP contribution in [-0.2, 0) is 6.54 Å². The summed E-state index contributed by atoms with van der Waals surface area (Å²) in [7, 11) is 0. The van der Waals surface area contributed by atoms with Crippen molar-refractivity contribution in [2.75, 3.05) is 6.61 Å². The Bertz CT molecular complexity index is 340. The van der Waals surface area contributed by atoms with Crippen molar-refractivity contribution in [3.8, 4) is 6.07 Å². The second kappa shape index (κ2) is 6.18. The summed E-state index contributed by atoms with van der Waals surface area (Å²) >= 11 is 0. The normalized spacial score (nSPS) is 12.1. The Morgan fingerprint density at radius 1 is 1.47 bits per heavy atom. The molecular weight excluding hydrogens is 188 g/mol. The molecule has 0 heterocycles. The molecule has 0 spiro atoms. The predicted molar refractivity (Wildman–Crippen MR) is 59.2 cm³/mol. The largest absolute Gasteiger partial charge is 0.395 e. The highest BCUT2D eigenvalue weighted by Gasteiger charge is 2.05. The molecule has 1 aromatic carbocycles. The maximum atomic E-state index is 9.00. The maximum Gasteiger partial charge on any atom is 0.0995 e. The molecule has 1 atom stereocenters. The number of aliphatic hydroxyl groups is 1. The van der Waals surface area contributed by atoms with Crippen molar-refractivity contribution < 1.29 is 5.11 Å². The van der Waals surface area contributed by atoms with E-state index in [4.69, 9.17) is 10.4 Å². The van der Waals surface area contributed by atoms with Crippen LogP contribution < -0.4 is 5.32 Å². The first-order valence-electron chi connectivity index (χ1n) is 5.14. The summed E-state index contributed by atoms with van der Waals surface area (Å²) < 4.78 is 0. The molecule has 3 nitrogen and oxygen atoms in total. The quantitative estimate of drug-likeness (QED) is 0.762. The van der Waals surface area contributed by atoms with Crippen molar-refractivity contribution in [3.05, 3.63) is 35.4 Å². The molecule has 0 radical (unpaired) electrons. The number of nitrogens with zero attached hydrogens (tertiary/aromatic N) is 1. The van der Waals surface area contributed by atoms with Gasteiger partial charge in [-0.1, -0.05) is 25.1 Å². The number of nitrogens with one attached hydrogen (secondary N) is 1. The fraction of sp³-hybridized carbons (Fsp3) is 0.417. The van der Waals surface area contributed by atoms with Crippen LogP contribution >= 0.6 is 0 Å². The van der Waals surface area contributed by atoms with Gasteiger partial charge in [0.1, 0.15) is 0 Å². The third kappa shape index (κ3) is 3.35.